The summed E-state index contributed by atoms with van der Waals surface area (Å²) in [6.07, 6.45) is -0.575. The normalized spacial score (nSPS) is 16.4. The van der Waals surface area contributed by atoms with E-state index < -0.39 is 17.9 Å². The number of hydrogen-bond donors (Lipinski definition) is 0. The number of aldehydes is 1. The predicted molar refractivity (Wildman–Crippen MR) is 68.1 cm³/mol. The van der Waals surface area contributed by atoms with Gasteiger partial charge in [0.1, 0.15) is 6.61 Å². The topological polar surface area (TPSA) is 78.9 Å². The lowest BCUT2D eigenvalue weighted by Crippen LogP contribution is -2.38. The number of carbonyl (C=O) groups excluding carboxylic acids is 3. The molecule has 6 nitrogen and oxygen atoms in total. The number of hydrogen-bond acceptors (Lipinski definition) is 6. The Balaban J connectivity index is 2.27. The molecule has 0 N–H and O–H groups in total. The summed E-state index contributed by atoms with van der Waals surface area (Å²) in [5.74, 6) is -0.391. The van der Waals surface area contributed by atoms with Crippen LogP contribution >= 0.6 is 0 Å². The zero-order valence-corrected chi connectivity index (χ0v) is 11.2. The van der Waals surface area contributed by atoms with E-state index in [4.69, 9.17) is 14.2 Å². The van der Waals surface area contributed by atoms with E-state index in [2.05, 4.69) is 0 Å². The SMILES string of the molecule is CCOC(=O)C1COc2c(ccc(C(=O)C=O)c2C)O1. The van der Waals surface area contributed by atoms with Gasteiger partial charge in [0, 0.05) is 11.1 Å². The fourth-order valence-electron chi connectivity index (χ4n) is 1.97. The molecule has 2 rings (SSSR count). The van der Waals surface area contributed by atoms with Crippen LogP contribution in [0.1, 0.15) is 22.8 Å². The summed E-state index contributed by atoms with van der Waals surface area (Å²) in [5, 5.41) is 0. The van der Waals surface area contributed by atoms with Gasteiger partial charge in [-0.25, -0.2) is 4.79 Å². The van der Waals surface area contributed by atoms with Gasteiger partial charge < -0.3 is 14.2 Å². The van der Waals surface area contributed by atoms with Gasteiger partial charge in [0.25, 0.3) is 0 Å². The van der Waals surface area contributed by atoms with Gasteiger partial charge in [0.05, 0.1) is 6.61 Å². The Morgan fingerprint density at radius 3 is 2.85 bits per heavy atom. The highest BCUT2D eigenvalue weighted by Crippen LogP contribution is 2.36. The van der Waals surface area contributed by atoms with Crippen molar-refractivity contribution in [2.75, 3.05) is 13.2 Å². The number of benzene rings is 1. The molecular weight excluding hydrogens is 264 g/mol. The first-order valence-corrected chi connectivity index (χ1v) is 6.17. The van der Waals surface area contributed by atoms with Crippen molar-refractivity contribution in [3.05, 3.63) is 23.3 Å². The fourth-order valence-corrected chi connectivity index (χ4v) is 1.97. The van der Waals surface area contributed by atoms with Crippen molar-refractivity contribution in [3.63, 3.8) is 0 Å². The minimum atomic E-state index is -0.825. The maximum Gasteiger partial charge on any atom is 0.350 e. The number of ketones is 1. The molecule has 0 saturated heterocycles. The monoisotopic (exact) mass is 278 g/mol. The molecule has 1 atom stereocenters. The highest BCUT2D eigenvalue weighted by molar-refractivity contribution is 6.33. The summed E-state index contributed by atoms with van der Waals surface area (Å²) in [7, 11) is 0. The van der Waals surface area contributed by atoms with Crippen molar-refractivity contribution >= 4 is 18.0 Å². The van der Waals surface area contributed by atoms with Crippen molar-refractivity contribution in [2.45, 2.75) is 20.0 Å². The highest BCUT2D eigenvalue weighted by Gasteiger charge is 2.30. The third kappa shape index (κ3) is 2.49. The molecule has 106 valence electrons. The molecule has 0 aromatic heterocycles. The first-order chi connectivity index (χ1) is 9.58. The van der Waals surface area contributed by atoms with Crippen molar-refractivity contribution in [3.8, 4) is 11.5 Å². The van der Waals surface area contributed by atoms with Crippen molar-refractivity contribution < 1.29 is 28.6 Å². The van der Waals surface area contributed by atoms with Crippen LogP contribution in [0, 0.1) is 6.92 Å². The first-order valence-electron chi connectivity index (χ1n) is 6.17. The molecule has 0 spiro atoms. The van der Waals surface area contributed by atoms with Gasteiger partial charge in [-0.2, -0.15) is 0 Å². The van der Waals surface area contributed by atoms with E-state index in [-0.39, 0.29) is 25.1 Å². The lowest BCUT2D eigenvalue weighted by atomic mass is 10.0. The number of ether oxygens (including phenoxy) is 3. The van der Waals surface area contributed by atoms with Crippen LogP contribution in [0.2, 0.25) is 0 Å². The Hall–Kier alpha value is -2.37. The quantitative estimate of drug-likeness (QED) is 0.355. The number of esters is 1. The molecule has 1 aliphatic heterocycles. The van der Waals surface area contributed by atoms with E-state index in [0.717, 1.165) is 0 Å². The molecule has 0 radical (unpaired) electrons. The summed E-state index contributed by atoms with van der Waals surface area (Å²) in [5.41, 5.74) is 0.777. The number of carbonyl (C=O) groups is 3. The van der Waals surface area contributed by atoms with Gasteiger partial charge in [-0.3, -0.25) is 9.59 Å². The second-order valence-corrected chi connectivity index (χ2v) is 4.22. The van der Waals surface area contributed by atoms with Crippen LogP contribution in [-0.4, -0.2) is 37.4 Å². The smallest absolute Gasteiger partial charge is 0.350 e. The van der Waals surface area contributed by atoms with E-state index in [1.165, 1.54) is 12.1 Å². The van der Waals surface area contributed by atoms with E-state index in [9.17, 15) is 14.4 Å². The summed E-state index contributed by atoms with van der Waals surface area (Å²) in [4.78, 5) is 33.6. The van der Waals surface area contributed by atoms with Gasteiger partial charge >= 0.3 is 5.97 Å². The zero-order valence-electron chi connectivity index (χ0n) is 11.2. The molecule has 0 fully saturated rings. The Bertz CT molecular complexity index is 563. The van der Waals surface area contributed by atoms with Crippen LogP contribution in [0.3, 0.4) is 0 Å². The second kappa shape index (κ2) is 5.73. The minimum absolute atomic E-state index is 0.00536. The van der Waals surface area contributed by atoms with E-state index in [1.54, 1.807) is 13.8 Å². The lowest BCUT2D eigenvalue weighted by molar-refractivity contribution is -0.153. The van der Waals surface area contributed by atoms with E-state index in [1.807, 2.05) is 0 Å². The molecule has 20 heavy (non-hydrogen) atoms. The van der Waals surface area contributed by atoms with E-state index in [0.29, 0.717) is 17.1 Å². The summed E-state index contributed by atoms with van der Waals surface area (Å²) < 4.78 is 15.8. The standard InChI is InChI=1S/C14H14O6/c1-3-18-14(17)12-7-19-13-8(2)9(10(16)6-15)4-5-11(13)20-12/h4-6,12H,3,7H2,1-2H3. The van der Waals surface area contributed by atoms with Crippen LogP contribution in [0.25, 0.3) is 0 Å². The molecule has 0 saturated carbocycles. The van der Waals surface area contributed by atoms with Crippen molar-refractivity contribution in [1.29, 1.82) is 0 Å². The minimum Gasteiger partial charge on any atom is -0.485 e. The Morgan fingerprint density at radius 2 is 2.20 bits per heavy atom. The van der Waals surface area contributed by atoms with Gasteiger partial charge in [-0.1, -0.05) is 0 Å². The zero-order chi connectivity index (χ0) is 14.7. The highest BCUT2D eigenvalue weighted by atomic mass is 16.6. The summed E-state index contributed by atoms with van der Waals surface area (Å²) >= 11 is 0. The Morgan fingerprint density at radius 1 is 1.45 bits per heavy atom. The maximum absolute atomic E-state index is 11.6. The van der Waals surface area contributed by atoms with Gasteiger partial charge in [0.2, 0.25) is 11.9 Å². The second-order valence-electron chi connectivity index (χ2n) is 4.22. The first kappa shape index (κ1) is 14.0. The number of rotatable bonds is 4. The van der Waals surface area contributed by atoms with Crippen LogP contribution in [0.5, 0.6) is 11.5 Å². The van der Waals surface area contributed by atoms with Gasteiger partial charge in [-0.05, 0) is 26.0 Å². The van der Waals surface area contributed by atoms with Crippen molar-refractivity contribution in [1.82, 2.24) is 0 Å². The average molecular weight is 278 g/mol. The van der Waals surface area contributed by atoms with Gasteiger partial charge in [-0.15, -0.1) is 0 Å². The molecule has 1 aromatic rings. The summed E-state index contributed by atoms with van der Waals surface area (Å²) in [6.45, 7) is 3.63. The molecule has 0 aliphatic carbocycles. The van der Waals surface area contributed by atoms with Gasteiger partial charge in [0.15, 0.2) is 17.8 Å². The van der Waals surface area contributed by atoms with Crippen molar-refractivity contribution in [2.24, 2.45) is 0 Å². The van der Waals surface area contributed by atoms with Crippen LogP contribution < -0.4 is 9.47 Å². The molecular formula is C14H14O6. The fraction of sp³-hybridized carbons (Fsp3) is 0.357. The average Bonchev–Trinajstić information content (AvgIpc) is 2.46. The van der Waals surface area contributed by atoms with E-state index >= 15 is 0 Å². The molecule has 0 bridgehead atoms. The largest absolute Gasteiger partial charge is 0.485 e. The molecule has 0 amide bonds. The van der Waals surface area contributed by atoms with Crippen LogP contribution in [0.15, 0.2) is 12.1 Å². The molecule has 1 aliphatic rings. The maximum atomic E-state index is 11.6. The molecule has 1 unspecified atom stereocenters. The number of fused-ring (bicyclic) bond motifs is 1. The Kier molecular flexibility index (Phi) is 4.02. The third-order valence-electron chi connectivity index (χ3n) is 2.94. The lowest BCUT2D eigenvalue weighted by Gasteiger charge is -2.26. The van der Waals surface area contributed by atoms with Crippen LogP contribution in [0.4, 0.5) is 0 Å². The Labute approximate surface area is 115 Å². The third-order valence-corrected chi connectivity index (χ3v) is 2.94. The predicted octanol–water partition coefficient (Wildman–Crippen LogP) is 1.08. The molecule has 6 heteroatoms. The molecule has 1 heterocycles. The number of Topliss-reactive ketones (excluding diaryl/α,β-unsaturated/α-hetero) is 1. The van der Waals surface area contributed by atoms with Crippen LogP contribution in [-0.2, 0) is 14.3 Å². The summed E-state index contributed by atoms with van der Waals surface area (Å²) in [6, 6.07) is 2.98. The molecule has 1 aromatic carbocycles.